The van der Waals surface area contributed by atoms with Crippen LogP contribution in [0.1, 0.15) is 27.7 Å². The Bertz CT molecular complexity index is 245. The highest BCUT2D eigenvalue weighted by molar-refractivity contribution is 5.83. The number of aliphatic hydroxyl groups is 1. The minimum atomic E-state index is -0.702. The van der Waals surface area contributed by atoms with Crippen molar-refractivity contribution in [3.8, 4) is 0 Å². The molecule has 0 aromatic carbocycles. The van der Waals surface area contributed by atoms with Crippen LogP contribution in [0, 0.1) is 11.8 Å². The van der Waals surface area contributed by atoms with E-state index in [4.69, 9.17) is 5.73 Å². The first kappa shape index (κ1) is 12.5. The lowest BCUT2D eigenvalue weighted by Crippen LogP contribution is -2.68. The van der Waals surface area contributed by atoms with Crippen LogP contribution < -0.4 is 5.73 Å². The van der Waals surface area contributed by atoms with Gasteiger partial charge in [0.15, 0.2) is 0 Å². The number of carbonyl (C=O) groups excluding carboxylic acids is 1. The number of hydrogen-bond donors (Lipinski definition) is 2. The van der Waals surface area contributed by atoms with Crippen molar-refractivity contribution in [3.63, 3.8) is 0 Å². The summed E-state index contributed by atoms with van der Waals surface area (Å²) in [4.78, 5) is 13.4. The number of nitrogens with two attached hydrogens (primary N) is 1. The number of likely N-dealkylation sites (tertiary alicyclic amines) is 1. The molecule has 0 radical (unpaired) electrons. The van der Waals surface area contributed by atoms with Gasteiger partial charge in [0.25, 0.3) is 0 Å². The molecule has 1 fully saturated rings. The summed E-state index contributed by atoms with van der Waals surface area (Å²) in [5.41, 5.74) is 5.06. The van der Waals surface area contributed by atoms with Gasteiger partial charge in [-0.1, -0.05) is 27.7 Å². The van der Waals surface area contributed by atoms with E-state index < -0.39 is 11.6 Å². The Kier molecular flexibility index (Phi) is 3.41. The fourth-order valence-electron chi connectivity index (χ4n) is 1.63. The normalized spacial score (nSPS) is 21.7. The molecule has 3 N–H and O–H groups in total. The molecule has 0 spiro atoms. The van der Waals surface area contributed by atoms with Crippen molar-refractivity contribution in [1.29, 1.82) is 0 Å². The van der Waals surface area contributed by atoms with Crippen LogP contribution in [0.25, 0.3) is 0 Å². The molecular formula is C11H22N2O2. The summed E-state index contributed by atoms with van der Waals surface area (Å²) in [6.45, 7) is 8.62. The highest BCUT2D eigenvalue weighted by Crippen LogP contribution is 2.29. The zero-order chi connectivity index (χ0) is 11.8. The molecule has 1 heterocycles. The fraction of sp³-hybridized carbons (Fsp3) is 0.909. The number of β-amino-alcohol motifs (C(OH)–C–C–N with tert-alkyl or cyclic N) is 1. The van der Waals surface area contributed by atoms with Crippen molar-refractivity contribution < 1.29 is 9.90 Å². The summed E-state index contributed by atoms with van der Waals surface area (Å²) in [7, 11) is 0. The van der Waals surface area contributed by atoms with Crippen molar-refractivity contribution in [3.05, 3.63) is 0 Å². The van der Waals surface area contributed by atoms with Gasteiger partial charge in [0, 0.05) is 0 Å². The third kappa shape index (κ3) is 2.32. The lowest BCUT2D eigenvalue weighted by molar-refractivity contribution is -0.165. The maximum absolute atomic E-state index is 11.8. The van der Waals surface area contributed by atoms with Gasteiger partial charge in [0.1, 0.15) is 5.60 Å². The number of hydrogen-bond acceptors (Lipinski definition) is 3. The van der Waals surface area contributed by atoms with Crippen LogP contribution in [0.3, 0.4) is 0 Å². The predicted octanol–water partition coefficient (Wildman–Crippen LogP) is 0.199. The standard InChI is InChI=1S/C11H22N2O2/c1-7(2)9(12)10(14)13-5-11(15,6-13)8(3)4/h7-9,15H,5-6,12H2,1-4H3/t9-/m1/s1. The van der Waals surface area contributed by atoms with Gasteiger partial charge < -0.3 is 15.7 Å². The van der Waals surface area contributed by atoms with Crippen molar-refractivity contribution in [2.45, 2.75) is 39.3 Å². The molecule has 0 unspecified atom stereocenters. The second-order valence-electron chi connectivity index (χ2n) is 5.22. The van der Waals surface area contributed by atoms with Gasteiger partial charge in [-0.2, -0.15) is 0 Å². The van der Waals surface area contributed by atoms with Crippen LogP contribution in [-0.4, -0.2) is 40.6 Å². The van der Waals surface area contributed by atoms with Crippen LogP contribution in [-0.2, 0) is 4.79 Å². The SMILES string of the molecule is CC(C)[C@@H](N)C(=O)N1CC(O)(C(C)C)C1. The van der Waals surface area contributed by atoms with Crippen molar-refractivity contribution in [2.75, 3.05) is 13.1 Å². The number of amides is 1. The summed E-state index contributed by atoms with van der Waals surface area (Å²) in [6, 6.07) is -0.443. The van der Waals surface area contributed by atoms with E-state index in [-0.39, 0.29) is 17.7 Å². The summed E-state index contributed by atoms with van der Waals surface area (Å²) >= 11 is 0. The monoisotopic (exact) mass is 214 g/mol. The lowest BCUT2D eigenvalue weighted by Gasteiger charge is -2.49. The molecule has 0 aliphatic carbocycles. The molecule has 0 bridgehead atoms. The number of rotatable bonds is 3. The van der Waals surface area contributed by atoms with Gasteiger partial charge in [-0.05, 0) is 11.8 Å². The maximum Gasteiger partial charge on any atom is 0.239 e. The molecule has 4 nitrogen and oxygen atoms in total. The Morgan fingerprint density at radius 1 is 1.33 bits per heavy atom. The molecule has 0 saturated carbocycles. The van der Waals surface area contributed by atoms with Gasteiger partial charge in [-0.25, -0.2) is 0 Å². The van der Waals surface area contributed by atoms with Crippen molar-refractivity contribution in [1.82, 2.24) is 4.90 Å². The average molecular weight is 214 g/mol. The van der Waals surface area contributed by atoms with Crippen molar-refractivity contribution >= 4 is 5.91 Å². The van der Waals surface area contributed by atoms with E-state index >= 15 is 0 Å². The Morgan fingerprint density at radius 2 is 1.80 bits per heavy atom. The molecule has 0 aromatic rings. The molecular weight excluding hydrogens is 192 g/mol. The van der Waals surface area contributed by atoms with Crippen LogP contribution in [0.5, 0.6) is 0 Å². The molecule has 1 aliphatic heterocycles. The first-order chi connectivity index (χ1) is 6.78. The molecule has 1 rings (SSSR count). The second kappa shape index (κ2) is 4.10. The minimum absolute atomic E-state index is 0.0460. The Balaban J connectivity index is 2.49. The summed E-state index contributed by atoms with van der Waals surface area (Å²) < 4.78 is 0. The Labute approximate surface area is 91.4 Å². The second-order valence-corrected chi connectivity index (χ2v) is 5.22. The highest BCUT2D eigenvalue weighted by Gasteiger charge is 2.46. The molecule has 1 saturated heterocycles. The smallest absolute Gasteiger partial charge is 0.239 e. The molecule has 1 aliphatic rings. The van der Waals surface area contributed by atoms with E-state index in [9.17, 15) is 9.90 Å². The summed E-state index contributed by atoms with van der Waals surface area (Å²) in [5, 5.41) is 9.99. The third-order valence-corrected chi connectivity index (χ3v) is 3.32. The molecule has 4 heteroatoms. The van der Waals surface area contributed by atoms with E-state index in [0.717, 1.165) is 0 Å². The minimum Gasteiger partial charge on any atom is -0.386 e. The average Bonchev–Trinajstić information content (AvgIpc) is 2.09. The molecule has 88 valence electrons. The van der Waals surface area contributed by atoms with E-state index in [2.05, 4.69) is 0 Å². The largest absolute Gasteiger partial charge is 0.386 e. The number of carbonyl (C=O) groups is 1. The van der Waals surface area contributed by atoms with Gasteiger partial charge in [-0.3, -0.25) is 4.79 Å². The first-order valence-electron chi connectivity index (χ1n) is 5.54. The predicted molar refractivity (Wildman–Crippen MR) is 59.2 cm³/mol. The van der Waals surface area contributed by atoms with Gasteiger partial charge in [-0.15, -0.1) is 0 Å². The quantitative estimate of drug-likeness (QED) is 0.705. The van der Waals surface area contributed by atoms with Gasteiger partial charge >= 0.3 is 0 Å². The molecule has 1 atom stereocenters. The Hall–Kier alpha value is -0.610. The topological polar surface area (TPSA) is 66.6 Å². The van der Waals surface area contributed by atoms with E-state index in [0.29, 0.717) is 13.1 Å². The number of nitrogens with zero attached hydrogens (tertiary/aromatic N) is 1. The van der Waals surface area contributed by atoms with Crippen LogP contribution >= 0.6 is 0 Å². The van der Waals surface area contributed by atoms with Crippen LogP contribution in [0.2, 0.25) is 0 Å². The van der Waals surface area contributed by atoms with Gasteiger partial charge in [0.2, 0.25) is 5.91 Å². The molecule has 15 heavy (non-hydrogen) atoms. The first-order valence-corrected chi connectivity index (χ1v) is 5.54. The zero-order valence-electron chi connectivity index (χ0n) is 10.0. The molecule has 1 amide bonds. The van der Waals surface area contributed by atoms with E-state index in [1.165, 1.54) is 0 Å². The van der Waals surface area contributed by atoms with Crippen LogP contribution in [0.4, 0.5) is 0 Å². The lowest BCUT2D eigenvalue weighted by atomic mass is 9.82. The van der Waals surface area contributed by atoms with E-state index in [1.807, 2.05) is 27.7 Å². The van der Waals surface area contributed by atoms with Gasteiger partial charge in [0.05, 0.1) is 19.1 Å². The highest BCUT2D eigenvalue weighted by atomic mass is 16.3. The maximum atomic E-state index is 11.8. The zero-order valence-corrected chi connectivity index (χ0v) is 10.0. The summed E-state index contributed by atoms with van der Waals surface area (Å²) in [5.74, 6) is 0.275. The van der Waals surface area contributed by atoms with Crippen molar-refractivity contribution in [2.24, 2.45) is 17.6 Å². The van der Waals surface area contributed by atoms with E-state index in [1.54, 1.807) is 4.90 Å². The van der Waals surface area contributed by atoms with Crippen LogP contribution in [0.15, 0.2) is 0 Å². The third-order valence-electron chi connectivity index (χ3n) is 3.32. The Morgan fingerprint density at radius 3 is 2.13 bits per heavy atom. The summed E-state index contributed by atoms with van der Waals surface area (Å²) in [6.07, 6.45) is 0. The molecule has 0 aromatic heterocycles. The fourth-order valence-corrected chi connectivity index (χ4v) is 1.63.